The van der Waals surface area contributed by atoms with Crippen LogP contribution in [0.3, 0.4) is 0 Å². The molecule has 0 saturated carbocycles. The van der Waals surface area contributed by atoms with Crippen LogP contribution in [0.5, 0.6) is 0 Å². The zero-order valence-electron chi connectivity index (χ0n) is 5.45. The Kier molecular flexibility index (Phi) is 2.53. The van der Waals surface area contributed by atoms with Crippen LogP contribution < -0.4 is 4.24 Å². The van der Waals surface area contributed by atoms with E-state index in [0.29, 0.717) is 5.76 Å². The van der Waals surface area contributed by atoms with Gasteiger partial charge in [0, 0.05) is 0 Å². The van der Waals surface area contributed by atoms with Gasteiger partial charge < -0.3 is 4.42 Å². The minimum absolute atomic E-state index is 0.233. The van der Waals surface area contributed by atoms with Gasteiger partial charge in [-0.1, -0.05) is 0 Å². The van der Waals surface area contributed by atoms with Crippen molar-refractivity contribution >= 4 is 21.8 Å². The average Bonchev–Trinajstić information content (AvgIpc) is 2.39. The summed E-state index contributed by atoms with van der Waals surface area (Å²) in [5.41, 5.74) is 0. The maximum atomic E-state index is 10.8. The monoisotopic (exact) mass is 195 g/mol. The fourth-order valence-corrected chi connectivity index (χ4v) is 1.37. The van der Waals surface area contributed by atoms with Crippen LogP contribution >= 0.6 is 11.8 Å². The SMILES string of the molecule is O=S(=O)(Cc1ccco1)NCl. The predicted octanol–water partition coefficient (Wildman–Crippen LogP) is 0.853. The summed E-state index contributed by atoms with van der Waals surface area (Å²) in [5, 5.41) is 0. The summed E-state index contributed by atoms with van der Waals surface area (Å²) >= 11 is 4.93. The maximum Gasteiger partial charge on any atom is 0.232 e. The molecule has 4 nitrogen and oxygen atoms in total. The van der Waals surface area contributed by atoms with Gasteiger partial charge in [-0.25, -0.2) is 8.42 Å². The number of nitrogens with one attached hydrogen (secondary N) is 1. The van der Waals surface area contributed by atoms with Crippen molar-refractivity contribution in [2.24, 2.45) is 0 Å². The Morgan fingerprint density at radius 1 is 1.64 bits per heavy atom. The van der Waals surface area contributed by atoms with Crippen molar-refractivity contribution in [2.75, 3.05) is 0 Å². The van der Waals surface area contributed by atoms with Gasteiger partial charge in [-0.15, -0.1) is 4.24 Å². The molecule has 11 heavy (non-hydrogen) atoms. The van der Waals surface area contributed by atoms with E-state index in [2.05, 4.69) is 0 Å². The molecule has 0 radical (unpaired) electrons. The van der Waals surface area contributed by atoms with Crippen molar-refractivity contribution in [1.29, 1.82) is 0 Å². The van der Waals surface area contributed by atoms with Crippen LogP contribution in [-0.2, 0) is 15.8 Å². The molecule has 0 aromatic carbocycles. The van der Waals surface area contributed by atoms with Gasteiger partial charge in [0.1, 0.15) is 11.5 Å². The highest BCUT2D eigenvalue weighted by atomic mass is 35.5. The summed E-state index contributed by atoms with van der Waals surface area (Å²) in [4.78, 5) is 0. The summed E-state index contributed by atoms with van der Waals surface area (Å²) in [7, 11) is -3.42. The Morgan fingerprint density at radius 2 is 2.36 bits per heavy atom. The average molecular weight is 196 g/mol. The summed E-state index contributed by atoms with van der Waals surface area (Å²) in [6, 6.07) is 3.17. The first-order valence-corrected chi connectivity index (χ1v) is 4.79. The number of hydrogen-bond acceptors (Lipinski definition) is 3. The minimum atomic E-state index is -3.42. The van der Waals surface area contributed by atoms with E-state index in [4.69, 9.17) is 16.2 Å². The van der Waals surface area contributed by atoms with Gasteiger partial charge in [0.25, 0.3) is 0 Å². The quantitative estimate of drug-likeness (QED) is 0.728. The first-order chi connectivity index (χ1) is 5.14. The van der Waals surface area contributed by atoms with E-state index in [0.717, 1.165) is 0 Å². The molecule has 0 saturated heterocycles. The van der Waals surface area contributed by atoms with Crippen molar-refractivity contribution in [1.82, 2.24) is 4.24 Å². The number of halogens is 1. The van der Waals surface area contributed by atoms with Crippen molar-refractivity contribution in [3.05, 3.63) is 24.2 Å². The Hall–Kier alpha value is -0.520. The number of furan rings is 1. The zero-order valence-corrected chi connectivity index (χ0v) is 7.02. The lowest BCUT2D eigenvalue weighted by Gasteiger charge is -1.95. The van der Waals surface area contributed by atoms with E-state index >= 15 is 0 Å². The molecule has 0 bridgehead atoms. The highest BCUT2D eigenvalue weighted by Crippen LogP contribution is 2.04. The standard InChI is InChI=1S/C5H6ClNO3S/c6-7-11(8,9)4-5-2-1-3-10-5/h1-3,7H,4H2. The van der Waals surface area contributed by atoms with Crippen LogP contribution in [0.1, 0.15) is 5.76 Å². The van der Waals surface area contributed by atoms with Crippen LogP contribution in [0.25, 0.3) is 0 Å². The highest BCUT2D eigenvalue weighted by Gasteiger charge is 2.10. The first kappa shape index (κ1) is 8.58. The second kappa shape index (κ2) is 3.25. The van der Waals surface area contributed by atoms with Crippen LogP contribution in [0.15, 0.2) is 22.8 Å². The maximum absolute atomic E-state index is 10.8. The lowest BCUT2D eigenvalue weighted by Crippen LogP contribution is -2.15. The lowest BCUT2D eigenvalue weighted by molar-refractivity contribution is 0.520. The van der Waals surface area contributed by atoms with Gasteiger partial charge in [0.05, 0.1) is 6.26 Å². The van der Waals surface area contributed by atoms with Crippen LogP contribution in [-0.4, -0.2) is 8.42 Å². The molecule has 62 valence electrons. The molecule has 0 amide bonds. The van der Waals surface area contributed by atoms with Crippen LogP contribution in [0.2, 0.25) is 0 Å². The fourth-order valence-electron chi connectivity index (χ4n) is 0.609. The molecule has 0 fully saturated rings. The zero-order chi connectivity index (χ0) is 8.32. The van der Waals surface area contributed by atoms with E-state index in [-0.39, 0.29) is 5.75 Å². The summed E-state index contributed by atoms with van der Waals surface area (Å²) < 4.78 is 28.0. The minimum Gasteiger partial charge on any atom is -0.468 e. The molecule has 0 atom stereocenters. The second-order valence-corrected chi connectivity index (χ2v) is 4.05. The Labute approximate surface area is 69.3 Å². The molecule has 0 spiro atoms. The molecule has 1 heterocycles. The molecule has 0 aliphatic heterocycles. The molecule has 0 aliphatic carbocycles. The number of hydrogen-bond donors (Lipinski definition) is 1. The molecule has 1 aromatic heterocycles. The first-order valence-electron chi connectivity index (χ1n) is 2.76. The molecule has 0 aliphatic rings. The van der Waals surface area contributed by atoms with Crippen molar-refractivity contribution < 1.29 is 12.8 Å². The summed E-state index contributed by atoms with van der Waals surface area (Å²) in [6.45, 7) is 0. The summed E-state index contributed by atoms with van der Waals surface area (Å²) in [5.74, 6) is 0.127. The molecule has 1 rings (SSSR count). The smallest absolute Gasteiger partial charge is 0.232 e. The van der Waals surface area contributed by atoms with E-state index in [9.17, 15) is 8.42 Å². The molecule has 1 aromatic rings. The van der Waals surface area contributed by atoms with Crippen LogP contribution in [0, 0.1) is 0 Å². The Bertz CT molecular complexity index is 304. The van der Waals surface area contributed by atoms with E-state index < -0.39 is 10.0 Å². The molecule has 1 N–H and O–H groups in total. The number of rotatable bonds is 3. The predicted molar refractivity (Wildman–Crippen MR) is 40.3 cm³/mol. The van der Waals surface area contributed by atoms with Gasteiger partial charge in [0.15, 0.2) is 0 Å². The Balaban J connectivity index is 2.72. The van der Waals surface area contributed by atoms with E-state index in [1.165, 1.54) is 6.26 Å². The second-order valence-electron chi connectivity index (χ2n) is 1.92. The van der Waals surface area contributed by atoms with Gasteiger partial charge in [-0.05, 0) is 23.9 Å². The summed E-state index contributed by atoms with van der Waals surface area (Å²) in [6.07, 6.45) is 1.40. The third-order valence-corrected chi connectivity index (χ3v) is 2.63. The topological polar surface area (TPSA) is 59.3 Å². The van der Waals surface area contributed by atoms with Crippen molar-refractivity contribution in [2.45, 2.75) is 5.75 Å². The number of sulfonamides is 1. The van der Waals surface area contributed by atoms with Gasteiger partial charge in [0.2, 0.25) is 10.0 Å². The molecular formula is C5H6ClNO3S. The lowest BCUT2D eigenvalue weighted by atomic mass is 10.5. The van der Waals surface area contributed by atoms with Crippen molar-refractivity contribution in [3.63, 3.8) is 0 Å². The normalized spacial score (nSPS) is 11.7. The Morgan fingerprint density at radius 3 is 2.82 bits per heavy atom. The highest BCUT2D eigenvalue weighted by molar-refractivity contribution is 7.89. The van der Waals surface area contributed by atoms with Gasteiger partial charge in [-0.2, -0.15) is 0 Å². The van der Waals surface area contributed by atoms with Crippen LogP contribution in [0.4, 0.5) is 0 Å². The fraction of sp³-hybridized carbons (Fsp3) is 0.200. The third kappa shape index (κ3) is 2.53. The van der Waals surface area contributed by atoms with Gasteiger partial charge >= 0.3 is 0 Å². The molecule has 0 unspecified atom stereocenters. The van der Waals surface area contributed by atoms with Crippen molar-refractivity contribution in [3.8, 4) is 0 Å². The van der Waals surface area contributed by atoms with E-state index in [1.807, 2.05) is 0 Å². The molecular weight excluding hydrogens is 190 g/mol. The third-order valence-electron chi connectivity index (χ3n) is 1.03. The van der Waals surface area contributed by atoms with Gasteiger partial charge in [-0.3, -0.25) is 0 Å². The molecule has 6 heteroatoms. The largest absolute Gasteiger partial charge is 0.468 e. The van der Waals surface area contributed by atoms with E-state index in [1.54, 1.807) is 16.4 Å².